The first-order valence-corrected chi connectivity index (χ1v) is 13.5. The van der Waals surface area contributed by atoms with Gasteiger partial charge in [0.05, 0.1) is 30.8 Å². The Morgan fingerprint density at radius 3 is 2.71 bits per heavy atom. The molecule has 0 bridgehead atoms. The fourth-order valence-electron chi connectivity index (χ4n) is 4.46. The number of hydrogen-bond acceptors (Lipinski definition) is 10. The van der Waals surface area contributed by atoms with Crippen molar-refractivity contribution in [1.82, 2.24) is 14.7 Å². The molecule has 2 aromatic heterocycles. The summed E-state index contributed by atoms with van der Waals surface area (Å²) in [7, 11) is 0. The van der Waals surface area contributed by atoms with Gasteiger partial charge in [-0.2, -0.15) is 13.2 Å². The number of carbonyl (C=O) groups is 1. The maximum absolute atomic E-state index is 14.4. The van der Waals surface area contributed by atoms with Gasteiger partial charge in [0.15, 0.2) is 29.3 Å². The molecule has 238 valence electrons. The van der Waals surface area contributed by atoms with Crippen molar-refractivity contribution in [3.05, 3.63) is 83.6 Å². The van der Waals surface area contributed by atoms with Crippen LogP contribution in [-0.4, -0.2) is 56.8 Å². The van der Waals surface area contributed by atoms with Crippen LogP contribution in [0.1, 0.15) is 36.4 Å². The minimum Gasteiger partial charge on any atom is -0.494 e. The summed E-state index contributed by atoms with van der Waals surface area (Å²) in [6.45, 7) is 0.711. The van der Waals surface area contributed by atoms with Gasteiger partial charge in [0.1, 0.15) is 29.8 Å². The second-order valence-electron chi connectivity index (χ2n) is 9.79. The largest absolute Gasteiger partial charge is 0.494 e. The zero-order valence-corrected chi connectivity index (χ0v) is 23.5. The Labute approximate surface area is 252 Å². The Morgan fingerprint density at radius 2 is 1.98 bits per heavy atom. The molecule has 1 aliphatic rings. The van der Waals surface area contributed by atoms with E-state index in [1.54, 1.807) is 0 Å². The molecule has 0 aliphatic carbocycles. The molecule has 0 radical (unpaired) electrons. The predicted molar refractivity (Wildman–Crippen MR) is 149 cm³/mol. The molecule has 0 fully saturated rings. The van der Waals surface area contributed by atoms with E-state index in [0.717, 1.165) is 23.2 Å². The van der Waals surface area contributed by atoms with Crippen LogP contribution in [0.2, 0.25) is 0 Å². The SMILES string of the molecule is CCCOc1ccc(-c2cc(C(C(=O)OCC(O)CO)n3cnc4c3C=CN(c3cccc(F)c3F)N4)on2)c(C(F)(F)F)c1. The van der Waals surface area contributed by atoms with Crippen LogP contribution < -0.4 is 15.2 Å². The summed E-state index contributed by atoms with van der Waals surface area (Å²) in [5, 5.41) is 23.8. The molecule has 45 heavy (non-hydrogen) atoms. The summed E-state index contributed by atoms with van der Waals surface area (Å²) in [5.74, 6) is -3.38. The first-order valence-electron chi connectivity index (χ1n) is 13.5. The number of ether oxygens (including phenoxy) is 2. The Bertz CT molecular complexity index is 1700. The number of alkyl halides is 3. The summed E-state index contributed by atoms with van der Waals surface area (Å²) in [6.07, 6.45) is -1.67. The predicted octanol–water partition coefficient (Wildman–Crippen LogP) is 4.93. The number of rotatable bonds is 11. The second-order valence-corrected chi connectivity index (χ2v) is 9.79. The number of aliphatic hydroxyl groups is 2. The molecular formula is C29H26F5N5O6. The summed E-state index contributed by atoms with van der Waals surface area (Å²) >= 11 is 0. The van der Waals surface area contributed by atoms with Gasteiger partial charge in [0.2, 0.25) is 0 Å². The van der Waals surface area contributed by atoms with Gasteiger partial charge in [-0.25, -0.2) is 18.6 Å². The third-order valence-electron chi connectivity index (χ3n) is 6.60. The van der Waals surface area contributed by atoms with Crippen molar-refractivity contribution in [2.24, 2.45) is 0 Å². The number of anilines is 2. The van der Waals surface area contributed by atoms with Crippen molar-refractivity contribution in [2.45, 2.75) is 31.7 Å². The standard InChI is InChI=1S/C29H26F5N5O6/c1-2-10-43-17-6-7-18(19(11-17)29(32,33)34)21-12-24(45-37-21)26(28(42)44-14-16(41)13-40)38-15-35-27-23(38)8-9-39(36-27)22-5-3-4-20(30)25(22)31/h3-9,11-12,15-16,26,36,40-41H,2,10,13-14H2,1H3. The second kappa shape index (κ2) is 13.0. The van der Waals surface area contributed by atoms with E-state index in [-0.39, 0.29) is 46.6 Å². The van der Waals surface area contributed by atoms with Crippen LogP contribution in [0.4, 0.5) is 33.5 Å². The number of aromatic nitrogens is 3. The van der Waals surface area contributed by atoms with Gasteiger partial charge in [-0.15, -0.1) is 0 Å². The molecule has 4 aromatic rings. The van der Waals surface area contributed by atoms with Crippen LogP contribution >= 0.6 is 0 Å². The summed E-state index contributed by atoms with van der Waals surface area (Å²) in [6, 6.07) is 6.55. The van der Waals surface area contributed by atoms with Crippen molar-refractivity contribution >= 4 is 23.6 Å². The van der Waals surface area contributed by atoms with E-state index < -0.39 is 54.7 Å². The average molecular weight is 636 g/mol. The number of nitrogens with one attached hydrogen (secondary N) is 1. The van der Waals surface area contributed by atoms with Gasteiger partial charge in [-0.3, -0.25) is 10.4 Å². The Balaban J connectivity index is 1.52. The number of fused-ring (bicyclic) bond motifs is 1. The van der Waals surface area contributed by atoms with Crippen molar-refractivity contribution in [3.8, 4) is 17.0 Å². The topological polar surface area (TPSA) is 135 Å². The van der Waals surface area contributed by atoms with E-state index >= 15 is 0 Å². The third-order valence-corrected chi connectivity index (χ3v) is 6.60. The number of benzene rings is 2. The maximum Gasteiger partial charge on any atom is 0.417 e. The van der Waals surface area contributed by atoms with Crippen LogP contribution in [-0.2, 0) is 15.7 Å². The monoisotopic (exact) mass is 635 g/mol. The fraction of sp³-hybridized carbons (Fsp3) is 0.276. The molecule has 1 aliphatic heterocycles. The molecule has 0 amide bonds. The van der Waals surface area contributed by atoms with Crippen LogP contribution in [0.15, 0.2) is 59.5 Å². The highest BCUT2D eigenvalue weighted by atomic mass is 19.4. The summed E-state index contributed by atoms with van der Waals surface area (Å²) < 4.78 is 87.5. The summed E-state index contributed by atoms with van der Waals surface area (Å²) in [4.78, 5) is 17.5. The molecule has 0 saturated heterocycles. The summed E-state index contributed by atoms with van der Waals surface area (Å²) in [5.41, 5.74) is 1.21. The van der Waals surface area contributed by atoms with Gasteiger partial charge >= 0.3 is 12.1 Å². The zero-order chi connectivity index (χ0) is 32.3. The molecule has 0 saturated carbocycles. The van der Waals surface area contributed by atoms with E-state index in [0.29, 0.717) is 6.42 Å². The molecule has 3 heterocycles. The minimum absolute atomic E-state index is 0.0111. The lowest BCUT2D eigenvalue weighted by Crippen LogP contribution is -2.30. The van der Waals surface area contributed by atoms with E-state index in [2.05, 4.69) is 15.6 Å². The average Bonchev–Trinajstić information content (AvgIpc) is 3.67. The number of aliphatic hydroxyl groups excluding tert-OH is 2. The molecular weight excluding hydrogens is 609 g/mol. The molecule has 2 atom stereocenters. The molecule has 11 nitrogen and oxygen atoms in total. The first-order chi connectivity index (χ1) is 21.5. The normalized spacial score (nSPS) is 14.1. The smallest absolute Gasteiger partial charge is 0.417 e. The van der Waals surface area contributed by atoms with Crippen molar-refractivity contribution in [2.75, 3.05) is 30.3 Å². The van der Waals surface area contributed by atoms with Crippen molar-refractivity contribution in [3.63, 3.8) is 0 Å². The zero-order valence-electron chi connectivity index (χ0n) is 23.5. The van der Waals surface area contributed by atoms with Gasteiger partial charge in [-0.05, 0) is 42.8 Å². The molecule has 2 aromatic carbocycles. The quantitative estimate of drug-likeness (QED) is 0.154. The maximum atomic E-state index is 14.4. The molecule has 0 spiro atoms. The van der Waals surface area contributed by atoms with E-state index in [1.807, 2.05) is 6.92 Å². The van der Waals surface area contributed by atoms with Crippen molar-refractivity contribution in [1.29, 1.82) is 0 Å². The minimum atomic E-state index is -4.79. The number of esters is 1. The van der Waals surface area contributed by atoms with Crippen LogP contribution in [0.25, 0.3) is 17.3 Å². The van der Waals surface area contributed by atoms with Crippen molar-refractivity contribution < 1.29 is 51.0 Å². The number of nitrogens with zero attached hydrogens (tertiary/aromatic N) is 4. The lowest BCUT2D eigenvalue weighted by atomic mass is 10.0. The number of halogens is 5. The van der Waals surface area contributed by atoms with E-state index in [4.69, 9.17) is 19.1 Å². The lowest BCUT2D eigenvalue weighted by molar-refractivity contribution is -0.150. The molecule has 5 rings (SSSR count). The Hall–Kier alpha value is -4.96. The highest BCUT2D eigenvalue weighted by Crippen LogP contribution is 2.40. The van der Waals surface area contributed by atoms with Gasteiger partial charge in [-0.1, -0.05) is 18.1 Å². The van der Waals surface area contributed by atoms with E-state index in [9.17, 15) is 31.9 Å². The molecule has 2 unspecified atom stereocenters. The fourth-order valence-corrected chi connectivity index (χ4v) is 4.46. The molecule has 3 N–H and O–H groups in total. The van der Waals surface area contributed by atoms with Crippen LogP contribution in [0.3, 0.4) is 0 Å². The van der Waals surface area contributed by atoms with Gasteiger partial charge in [0.25, 0.3) is 0 Å². The highest BCUT2D eigenvalue weighted by molar-refractivity contribution is 5.80. The molecule has 16 heteroatoms. The Morgan fingerprint density at radius 1 is 1.18 bits per heavy atom. The number of hydrogen-bond donors (Lipinski definition) is 3. The number of hydrazine groups is 1. The van der Waals surface area contributed by atoms with Gasteiger partial charge in [0, 0.05) is 17.8 Å². The van der Waals surface area contributed by atoms with E-state index in [1.165, 1.54) is 47.4 Å². The lowest BCUT2D eigenvalue weighted by Gasteiger charge is -2.26. The number of imidazole rings is 1. The van der Waals surface area contributed by atoms with Crippen LogP contribution in [0, 0.1) is 11.6 Å². The first kappa shape index (κ1) is 31.5. The Kier molecular flexibility index (Phi) is 9.06. The highest BCUT2D eigenvalue weighted by Gasteiger charge is 2.37. The van der Waals surface area contributed by atoms with Crippen LogP contribution in [0.5, 0.6) is 5.75 Å². The van der Waals surface area contributed by atoms with Gasteiger partial charge < -0.3 is 28.8 Å². The third kappa shape index (κ3) is 6.61. The number of carbonyl (C=O) groups excluding carboxylic acids is 1.